The van der Waals surface area contributed by atoms with Crippen LogP contribution >= 0.6 is 12.2 Å². The fourth-order valence-corrected chi connectivity index (χ4v) is 3.37. The molecular formula is C11H21N3O3S2. The molecule has 0 aromatic carbocycles. The summed E-state index contributed by atoms with van der Waals surface area (Å²) in [5.74, 6) is -0.534. The number of nitrogens with zero attached hydrogens (tertiary/aromatic N) is 2. The Morgan fingerprint density at radius 2 is 1.68 bits per heavy atom. The van der Waals surface area contributed by atoms with Crippen molar-refractivity contribution in [2.75, 3.05) is 32.4 Å². The molecule has 8 heteroatoms. The van der Waals surface area contributed by atoms with Gasteiger partial charge in [-0.25, -0.2) is 8.42 Å². The molecule has 1 unspecified atom stereocenters. The maximum atomic E-state index is 12.3. The molecule has 1 aliphatic heterocycles. The summed E-state index contributed by atoms with van der Waals surface area (Å²) in [4.78, 5) is 14.2. The number of amides is 1. The molecule has 2 N–H and O–H groups in total. The highest BCUT2D eigenvalue weighted by molar-refractivity contribution is 7.88. The quantitative estimate of drug-likeness (QED) is 0.718. The van der Waals surface area contributed by atoms with Gasteiger partial charge in [-0.1, -0.05) is 26.1 Å². The first kappa shape index (κ1) is 16.3. The Kier molecular flexibility index (Phi) is 5.28. The normalized spacial score (nSPS) is 19.5. The first-order valence-corrected chi connectivity index (χ1v) is 8.43. The Hall–Kier alpha value is -0.730. The van der Waals surface area contributed by atoms with Crippen LogP contribution in [0.25, 0.3) is 0 Å². The van der Waals surface area contributed by atoms with Gasteiger partial charge in [-0.15, -0.1) is 0 Å². The lowest BCUT2D eigenvalue weighted by Crippen LogP contribution is -2.53. The number of thiocarbonyl (C=S) groups is 1. The lowest BCUT2D eigenvalue weighted by Gasteiger charge is -2.35. The van der Waals surface area contributed by atoms with Crippen molar-refractivity contribution in [1.82, 2.24) is 9.21 Å². The summed E-state index contributed by atoms with van der Waals surface area (Å²) < 4.78 is 24.2. The molecule has 1 rings (SSSR count). The minimum Gasteiger partial charge on any atom is -0.393 e. The molecule has 1 saturated heterocycles. The molecular weight excluding hydrogens is 286 g/mol. The number of carbonyl (C=O) groups excluding carboxylic acids is 1. The van der Waals surface area contributed by atoms with E-state index in [0.717, 1.165) is 0 Å². The number of hydrogen-bond donors (Lipinski definition) is 1. The van der Waals surface area contributed by atoms with Crippen LogP contribution in [0.2, 0.25) is 0 Å². The third-order valence-electron chi connectivity index (χ3n) is 3.26. The number of nitrogens with two attached hydrogens (primary N) is 1. The molecule has 19 heavy (non-hydrogen) atoms. The van der Waals surface area contributed by atoms with E-state index >= 15 is 0 Å². The van der Waals surface area contributed by atoms with E-state index in [4.69, 9.17) is 18.0 Å². The SMILES string of the molecule is CC(C)C(C(=O)N1CCN(S(C)(=O)=O)CC1)C(N)=S. The van der Waals surface area contributed by atoms with Gasteiger partial charge in [0, 0.05) is 26.2 Å². The smallest absolute Gasteiger partial charge is 0.232 e. The fourth-order valence-electron chi connectivity index (χ4n) is 2.17. The van der Waals surface area contributed by atoms with Crippen LogP contribution in [0.1, 0.15) is 13.8 Å². The number of rotatable bonds is 4. The monoisotopic (exact) mass is 307 g/mol. The van der Waals surface area contributed by atoms with Crippen molar-refractivity contribution in [2.24, 2.45) is 17.6 Å². The molecule has 0 spiro atoms. The molecule has 0 bridgehead atoms. The molecule has 1 heterocycles. The van der Waals surface area contributed by atoms with Gasteiger partial charge in [-0.05, 0) is 5.92 Å². The second-order valence-electron chi connectivity index (χ2n) is 5.11. The van der Waals surface area contributed by atoms with E-state index in [-0.39, 0.29) is 16.8 Å². The summed E-state index contributed by atoms with van der Waals surface area (Å²) in [5, 5.41) is 0. The van der Waals surface area contributed by atoms with Gasteiger partial charge in [0.2, 0.25) is 15.9 Å². The van der Waals surface area contributed by atoms with Gasteiger partial charge in [-0.3, -0.25) is 4.79 Å². The molecule has 0 aromatic rings. The lowest BCUT2D eigenvalue weighted by atomic mass is 9.94. The second-order valence-corrected chi connectivity index (χ2v) is 7.57. The molecule has 6 nitrogen and oxygen atoms in total. The van der Waals surface area contributed by atoms with Crippen LogP contribution < -0.4 is 5.73 Å². The third-order valence-corrected chi connectivity index (χ3v) is 4.82. The molecule has 0 aromatic heterocycles. The number of hydrogen-bond acceptors (Lipinski definition) is 4. The number of carbonyl (C=O) groups is 1. The molecule has 1 aliphatic rings. The fraction of sp³-hybridized carbons (Fsp3) is 0.818. The van der Waals surface area contributed by atoms with Crippen LogP contribution in [-0.4, -0.2) is 61.0 Å². The van der Waals surface area contributed by atoms with Crippen LogP contribution in [0.4, 0.5) is 0 Å². The Bertz CT molecular complexity index is 454. The summed E-state index contributed by atoms with van der Waals surface area (Å²) in [7, 11) is -3.18. The summed E-state index contributed by atoms with van der Waals surface area (Å²) in [6.45, 7) is 5.22. The minimum atomic E-state index is -3.18. The zero-order valence-electron chi connectivity index (χ0n) is 11.5. The van der Waals surface area contributed by atoms with E-state index < -0.39 is 15.9 Å². The Morgan fingerprint density at radius 3 is 2.00 bits per heavy atom. The average molecular weight is 307 g/mol. The zero-order chi connectivity index (χ0) is 14.8. The first-order valence-electron chi connectivity index (χ1n) is 6.17. The maximum Gasteiger partial charge on any atom is 0.232 e. The van der Waals surface area contributed by atoms with Crippen molar-refractivity contribution >= 4 is 33.1 Å². The van der Waals surface area contributed by atoms with Crippen molar-refractivity contribution in [3.63, 3.8) is 0 Å². The van der Waals surface area contributed by atoms with E-state index in [9.17, 15) is 13.2 Å². The third kappa shape index (κ3) is 4.12. The van der Waals surface area contributed by atoms with Crippen molar-refractivity contribution in [1.29, 1.82) is 0 Å². The van der Waals surface area contributed by atoms with Crippen LogP contribution in [0, 0.1) is 11.8 Å². The van der Waals surface area contributed by atoms with E-state index in [0.29, 0.717) is 26.2 Å². The summed E-state index contributed by atoms with van der Waals surface area (Å²) in [5.41, 5.74) is 5.62. The van der Waals surface area contributed by atoms with Crippen LogP contribution in [0.5, 0.6) is 0 Å². The van der Waals surface area contributed by atoms with Crippen molar-refractivity contribution in [3.8, 4) is 0 Å². The topological polar surface area (TPSA) is 83.7 Å². The first-order chi connectivity index (χ1) is 8.64. The molecule has 0 radical (unpaired) electrons. The highest BCUT2D eigenvalue weighted by Crippen LogP contribution is 2.17. The van der Waals surface area contributed by atoms with Gasteiger partial charge in [-0.2, -0.15) is 4.31 Å². The summed E-state index contributed by atoms with van der Waals surface area (Å²) in [6, 6.07) is 0. The predicted molar refractivity (Wildman–Crippen MR) is 78.1 cm³/mol. The standard InChI is InChI=1S/C11H21N3O3S2/c1-8(2)9(10(12)18)11(15)13-4-6-14(7-5-13)19(3,16)17/h8-9H,4-7H2,1-3H3,(H2,12,18). The Labute approximate surface area is 120 Å². The van der Waals surface area contributed by atoms with Crippen molar-refractivity contribution in [3.05, 3.63) is 0 Å². The summed E-state index contributed by atoms with van der Waals surface area (Å²) in [6.07, 6.45) is 1.18. The molecule has 110 valence electrons. The highest BCUT2D eigenvalue weighted by Gasteiger charge is 2.32. The average Bonchev–Trinajstić information content (AvgIpc) is 2.27. The molecule has 1 fully saturated rings. The van der Waals surface area contributed by atoms with Crippen LogP contribution in [-0.2, 0) is 14.8 Å². The van der Waals surface area contributed by atoms with Crippen molar-refractivity contribution < 1.29 is 13.2 Å². The van der Waals surface area contributed by atoms with Gasteiger partial charge in [0.15, 0.2) is 0 Å². The van der Waals surface area contributed by atoms with E-state index in [2.05, 4.69) is 0 Å². The van der Waals surface area contributed by atoms with E-state index in [1.807, 2.05) is 13.8 Å². The van der Waals surface area contributed by atoms with Gasteiger partial charge in [0.25, 0.3) is 0 Å². The van der Waals surface area contributed by atoms with Crippen molar-refractivity contribution in [2.45, 2.75) is 13.8 Å². The Balaban J connectivity index is 2.70. The summed E-state index contributed by atoms with van der Waals surface area (Å²) >= 11 is 4.95. The molecule has 1 atom stereocenters. The van der Waals surface area contributed by atoms with Gasteiger partial charge in [0.1, 0.15) is 0 Å². The number of sulfonamides is 1. The Morgan fingerprint density at radius 1 is 1.21 bits per heavy atom. The molecule has 1 amide bonds. The largest absolute Gasteiger partial charge is 0.393 e. The zero-order valence-corrected chi connectivity index (χ0v) is 13.1. The molecule has 0 saturated carbocycles. The van der Waals surface area contributed by atoms with E-state index in [1.54, 1.807) is 4.90 Å². The van der Waals surface area contributed by atoms with Gasteiger partial charge >= 0.3 is 0 Å². The van der Waals surface area contributed by atoms with Crippen LogP contribution in [0.3, 0.4) is 0 Å². The highest BCUT2D eigenvalue weighted by atomic mass is 32.2. The lowest BCUT2D eigenvalue weighted by molar-refractivity contribution is -0.135. The number of piperazine rings is 1. The minimum absolute atomic E-state index is 0.0398. The van der Waals surface area contributed by atoms with E-state index in [1.165, 1.54) is 10.6 Å². The maximum absolute atomic E-state index is 12.3. The second kappa shape index (κ2) is 6.15. The van der Waals surface area contributed by atoms with Gasteiger partial charge < -0.3 is 10.6 Å². The predicted octanol–water partition coefficient (Wildman–Crippen LogP) is -0.351. The molecule has 0 aliphatic carbocycles. The van der Waals surface area contributed by atoms with Gasteiger partial charge in [0.05, 0.1) is 17.2 Å². The van der Waals surface area contributed by atoms with Crippen LogP contribution in [0.15, 0.2) is 0 Å².